The molecule has 1 fully saturated rings. The van der Waals surface area contributed by atoms with Crippen molar-refractivity contribution in [2.45, 2.75) is 36.9 Å². The number of ether oxygens (including phenoxy) is 2. The van der Waals surface area contributed by atoms with Gasteiger partial charge in [0.25, 0.3) is 5.91 Å². The number of carbonyl (C=O) groups is 1. The van der Waals surface area contributed by atoms with Crippen molar-refractivity contribution >= 4 is 21.6 Å². The van der Waals surface area contributed by atoms with Crippen LogP contribution in [0.15, 0.2) is 23.1 Å². The Balaban J connectivity index is 1.76. The summed E-state index contributed by atoms with van der Waals surface area (Å²) >= 11 is 0. The highest BCUT2D eigenvalue weighted by molar-refractivity contribution is 7.89. The van der Waals surface area contributed by atoms with E-state index < -0.39 is 16.1 Å². The molecule has 0 radical (unpaired) electrons. The molecule has 1 amide bonds. The lowest BCUT2D eigenvalue weighted by Crippen LogP contribution is -2.35. The summed E-state index contributed by atoms with van der Waals surface area (Å²) in [6, 6.07) is 4.41. The van der Waals surface area contributed by atoms with Crippen molar-refractivity contribution in [2.24, 2.45) is 0 Å². The highest BCUT2D eigenvalue weighted by Gasteiger charge is 2.26. The predicted molar refractivity (Wildman–Crippen MR) is 79.3 cm³/mol. The van der Waals surface area contributed by atoms with Gasteiger partial charge in [-0.2, -0.15) is 0 Å². The van der Waals surface area contributed by atoms with Crippen LogP contribution in [0, 0.1) is 0 Å². The average molecular weight is 326 g/mol. The molecule has 120 valence electrons. The lowest BCUT2D eigenvalue weighted by Gasteiger charge is -2.23. The van der Waals surface area contributed by atoms with Crippen LogP contribution in [0.5, 0.6) is 5.75 Å². The third-order valence-corrected chi connectivity index (χ3v) is 5.14. The lowest BCUT2D eigenvalue weighted by molar-refractivity contribution is -0.122. The maximum absolute atomic E-state index is 12.3. The topological polar surface area (TPSA) is 93.7 Å². The standard InChI is InChI=1S/C14H18N2O5S/c1-9-14(17)16-12-7-11(4-5-13(12)21-9)22(18,19)15-8-10-3-2-6-20-10/h4-5,7,9-10,15H,2-3,6,8H2,1H3,(H,16,17)/t9-,10-/m0/s1. The average Bonchev–Trinajstić information content (AvgIpc) is 2.99. The first kappa shape index (κ1) is 15.3. The van der Waals surface area contributed by atoms with E-state index in [-0.39, 0.29) is 23.5 Å². The van der Waals surface area contributed by atoms with E-state index in [2.05, 4.69) is 10.0 Å². The molecule has 0 saturated carbocycles. The van der Waals surface area contributed by atoms with Gasteiger partial charge in [-0.3, -0.25) is 4.79 Å². The molecule has 2 N–H and O–H groups in total. The van der Waals surface area contributed by atoms with Crippen molar-refractivity contribution in [3.63, 3.8) is 0 Å². The van der Waals surface area contributed by atoms with E-state index in [0.717, 1.165) is 12.8 Å². The summed E-state index contributed by atoms with van der Waals surface area (Å²) in [6.07, 6.45) is 1.14. The molecular weight excluding hydrogens is 308 g/mol. The van der Waals surface area contributed by atoms with Crippen LogP contribution < -0.4 is 14.8 Å². The number of nitrogens with one attached hydrogen (secondary N) is 2. The molecule has 22 heavy (non-hydrogen) atoms. The Bertz CT molecular complexity index is 682. The maximum atomic E-state index is 12.3. The first-order chi connectivity index (χ1) is 10.5. The molecule has 7 nitrogen and oxygen atoms in total. The number of hydrogen-bond donors (Lipinski definition) is 2. The second-order valence-electron chi connectivity index (χ2n) is 5.39. The summed E-state index contributed by atoms with van der Waals surface area (Å²) in [6.45, 7) is 2.55. The van der Waals surface area contributed by atoms with E-state index in [1.54, 1.807) is 13.0 Å². The second kappa shape index (κ2) is 5.86. The molecule has 1 saturated heterocycles. The Morgan fingerprint density at radius 3 is 2.95 bits per heavy atom. The second-order valence-corrected chi connectivity index (χ2v) is 7.16. The van der Waals surface area contributed by atoms with E-state index >= 15 is 0 Å². The van der Waals surface area contributed by atoms with Gasteiger partial charge in [-0.15, -0.1) is 0 Å². The summed E-state index contributed by atoms with van der Waals surface area (Å²) in [5.41, 5.74) is 0.364. The van der Waals surface area contributed by atoms with E-state index in [1.165, 1.54) is 12.1 Å². The van der Waals surface area contributed by atoms with E-state index in [1.807, 2.05) is 0 Å². The van der Waals surface area contributed by atoms with Crippen LogP contribution >= 0.6 is 0 Å². The van der Waals surface area contributed by atoms with Crippen LogP contribution in [0.2, 0.25) is 0 Å². The Kier molecular flexibility index (Phi) is 4.07. The van der Waals surface area contributed by atoms with Gasteiger partial charge in [0.2, 0.25) is 10.0 Å². The molecule has 2 heterocycles. The molecule has 1 aromatic rings. The van der Waals surface area contributed by atoms with Gasteiger partial charge in [-0.05, 0) is 38.0 Å². The lowest BCUT2D eigenvalue weighted by atomic mass is 10.2. The fraction of sp³-hybridized carbons (Fsp3) is 0.500. The third kappa shape index (κ3) is 3.08. The zero-order valence-electron chi connectivity index (χ0n) is 12.2. The van der Waals surface area contributed by atoms with Crippen molar-refractivity contribution in [1.29, 1.82) is 0 Å². The highest BCUT2D eigenvalue weighted by atomic mass is 32.2. The molecule has 2 atom stereocenters. The summed E-state index contributed by atoms with van der Waals surface area (Å²) in [7, 11) is -3.65. The number of hydrogen-bond acceptors (Lipinski definition) is 5. The van der Waals surface area contributed by atoms with Crippen LogP contribution in [0.3, 0.4) is 0 Å². The van der Waals surface area contributed by atoms with Crippen LogP contribution in [0.25, 0.3) is 0 Å². The molecule has 2 aliphatic heterocycles. The zero-order chi connectivity index (χ0) is 15.7. The molecule has 0 aromatic heterocycles. The number of fused-ring (bicyclic) bond motifs is 1. The zero-order valence-corrected chi connectivity index (χ0v) is 13.0. The monoisotopic (exact) mass is 326 g/mol. The van der Waals surface area contributed by atoms with Gasteiger partial charge in [0, 0.05) is 13.2 Å². The third-order valence-electron chi connectivity index (χ3n) is 3.72. The van der Waals surface area contributed by atoms with Gasteiger partial charge >= 0.3 is 0 Å². The van der Waals surface area contributed by atoms with Gasteiger partial charge in [0.05, 0.1) is 16.7 Å². The normalized spacial score (nSPS) is 24.5. The smallest absolute Gasteiger partial charge is 0.265 e. The number of sulfonamides is 1. The van der Waals surface area contributed by atoms with Crippen molar-refractivity contribution in [2.75, 3.05) is 18.5 Å². The Morgan fingerprint density at radius 1 is 1.41 bits per heavy atom. The molecule has 0 spiro atoms. The minimum Gasteiger partial charge on any atom is -0.479 e. The Labute approximate surface area is 129 Å². The van der Waals surface area contributed by atoms with Crippen molar-refractivity contribution < 1.29 is 22.7 Å². The van der Waals surface area contributed by atoms with Crippen molar-refractivity contribution in [3.05, 3.63) is 18.2 Å². The van der Waals surface area contributed by atoms with Crippen LogP contribution in [0.4, 0.5) is 5.69 Å². The van der Waals surface area contributed by atoms with Crippen LogP contribution in [-0.4, -0.2) is 39.7 Å². The number of anilines is 1. The van der Waals surface area contributed by atoms with Gasteiger partial charge in [-0.25, -0.2) is 13.1 Å². The van der Waals surface area contributed by atoms with Crippen LogP contribution in [0.1, 0.15) is 19.8 Å². The largest absolute Gasteiger partial charge is 0.479 e. The van der Waals surface area contributed by atoms with E-state index in [0.29, 0.717) is 18.0 Å². The minimum atomic E-state index is -3.65. The van der Waals surface area contributed by atoms with Gasteiger partial charge in [0.15, 0.2) is 6.10 Å². The van der Waals surface area contributed by atoms with Gasteiger partial charge in [0.1, 0.15) is 5.75 Å². The summed E-state index contributed by atoms with van der Waals surface area (Å²) in [5, 5.41) is 2.64. The van der Waals surface area contributed by atoms with Gasteiger partial charge < -0.3 is 14.8 Å². The molecule has 0 unspecified atom stereocenters. The molecule has 3 rings (SSSR count). The SMILES string of the molecule is C[C@@H]1Oc2ccc(S(=O)(=O)NC[C@@H]3CCCO3)cc2NC1=O. The fourth-order valence-electron chi connectivity index (χ4n) is 2.45. The fourth-order valence-corrected chi connectivity index (χ4v) is 3.54. The first-order valence-corrected chi connectivity index (χ1v) is 8.67. The Morgan fingerprint density at radius 2 is 2.23 bits per heavy atom. The van der Waals surface area contributed by atoms with Gasteiger partial charge in [-0.1, -0.05) is 0 Å². The summed E-state index contributed by atoms with van der Waals surface area (Å²) in [5.74, 6) is 0.166. The molecule has 8 heteroatoms. The predicted octanol–water partition coefficient (Wildman–Crippen LogP) is 0.863. The summed E-state index contributed by atoms with van der Waals surface area (Å²) in [4.78, 5) is 11.7. The number of carbonyl (C=O) groups excluding carboxylic acids is 1. The molecule has 0 aliphatic carbocycles. The minimum absolute atomic E-state index is 0.0729. The van der Waals surface area contributed by atoms with Crippen molar-refractivity contribution in [3.8, 4) is 5.75 Å². The molecule has 0 bridgehead atoms. The number of amides is 1. The first-order valence-electron chi connectivity index (χ1n) is 7.18. The van der Waals surface area contributed by atoms with Crippen LogP contribution in [-0.2, 0) is 19.6 Å². The van der Waals surface area contributed by atoms with E-state index in [4.69, 9.17) is 9.47 Å². The quantitative estimate of drug-likeness (QED) is 0.856. The highest BCUT2D eigenvalue weighted by Crippen LogP contribution is 2.31. The summed E-state index contributed by atoms with van der Waals surface area (Å²) < 4.78 is 37.9. The van der Waals surface area contributed by atoms with E-state index in [9.17, 15) is 13.2 Å². The maximum Gasteiger partial charge on any atom is 0.265 e. The van der Waals surface area contributed by atoms with Crippen molar-refractivity contribution in [1.82, 2.24) is 4.72 Å². The molecule has 1 aromatic carbocycles. The number of benzene rings is 1. The molecular formula is C14H18N2O5S. The Hall–Kier alpha value is -1.64. The number of rotatable bonds is 4. The molecule has 2 aliphatic rings.